The van der Waals surface area contributed by atoms with Crippen molar-refractivity contribution >= 4 is 0 Å². The largest absolute Gasteiger partial charge is 0.504 e. The molecule has 4 unspecified atom stereocenters. The van der Waals surface area contributed by atoms with E-state index in [9.17, 15) is 10.2 Å². The molecule has 1 saturated heterocycles. The van der Waals surface area contributed by atoms with Crippen molar-refractivity contribution in [3.8, 4) is 23.0 Å². The Labute approximate surface area is 158 Å². The Morgan fingerprint density at radius 1 is 0.926 bits per heavy atom. The summed E-state index contributed by atoms with van der Waals surface area (Å²) in [7, 11) is 4.75. The highest BCUT2D eigenvalue weighted by molar-refractivity contribution is 5.53. The Hall–Kier alpha value is -2.44. The first-order valence-corrected chi connectivity index (χ1v) is 8.98. The molecule has 1 aliphatic carbocycles. The van der Waals surface area contributed by atoms with Crippen LogP contribution < -0.4 is 9.47 Å². The van der Waals surface area contributed by atoms with E-state index in [-0.39, 0.29) is 35.5 Å². The van der Waals surface area contributed by atoms with E-state index in [4.69, 9.17) is 18.9 Å². The summed E-state index contributed by atoms with van der Waals surface area (Å²) < 4.78 is 22.1. The molecular formula is C21H24O6. The smallest absolute Gasteiger partial charge is 0.160 e. The molecule has 4 rings (SSSR count). The van der Waals surface area contributed by atoms with E-state index in [1.165, 1.54) is 7.11 Å². The first kappa shape index (κ1) is 17.9. The van der Waals surface area contributed by atoms with Gasteiger partial charge in [-0.3, -0.25) is 0 Å². The topological polar surface area (TPSA) is 77.4 Å². The molecule has 144 valence electrons. The number of benzene rings is 2. The molecule has 2 aliphatic rings. The van der Waals surface area contributed by atoms with Crippen LogP contribution in [0.4, 0.5) is 0 Å². The predicted molar refractivity (Wildman–Crippen MR) is 98.6 cm³/mol. The molecule has 1 aliphatic heterocycles. The van der Waals surface area contributed by atoms with Crippen molar-refractivity contribution in [3.05, 3.63) is 47.0 Å². The summed E-state index contributed by atoms with van der Waals surface area (Å²) in [5, 5.41) is 20.4. The number of aromatic hydroxyl groups is 2. The third-order valence-corrected chi connectivity index (χ3v) is 5.81. The van der Waals surface area contributed by atoms with E-state index >= 15 is 0 Å². The second kappa shape index (κ2) is 6.94. The van der Waals surface area contributed by atoms with Crippen LogP contribution in [0.3, 0.4) is 0 Å². The zero-order valence-electron chi connectivity index (χ0n) is 15.6. The van der Waals surface area contributed by atoms with Crippen LogP contribution in [-0.4, -0.2) is 44.4 Å². The van der Waals surface area contributed by atoms with Gasteiger partial charge in [0.05, 0.1) is 20.8 Å². The summed E-state index contributed by atoms with van der Waals surface area (Å²) in [5.74, 6) is 1.49. The summed E-state index contributed by atoms with van der Waals surface area (Å²) in [6.45, 7) is 0.573. The molecule has 2 aromatic rings. The van der Waals surface area contributed by atoms with E-state index in [1.807, 2.05) is 18.2 Å². The van der Waals surface area contributed by atoms with Crippen LogP contribution in [0.1, 0.15) is 22.6 Å². The van der Waals surface area contributed by atoms with Crippen LogP contribution in [0.15, 0.2) is 30.3 Å². The molecule has 1 heterocycles. The molecule has 6 heteroatoms. The summed E-state index contributed by atoms with van der Waals surface area (Å²) in [6, 6.07) is 9.08. The average Bonchev–Trinajstić information content (AvgIpc) is 3.09. The predicted octanol–water partition coefficient (Wildman–Crippen LogP) is 3.04. The molecule has 0 radical (unpaired) electrons. The van der Waals surface area contributed by atoms with Crippen LogP contribution in [-0.2, 0) is 15.9 Å². The number of fused-ring (bicyclic) bond motifs is 2. The first-order valence-electron chi connectivity index (χ1n) is 8.98. The second-order valence-corrected chi connectivity index (χ2v) is 7.10. The fraction of sp³-hybridized carbons (Fsp3) is 0.429. The van der Waals surface area contributed by atoms with E-state index in [0.717, 1.165) is 23.1 Å². The SMILES string of the molecule is COc1cc(C2c3cc(O)c(OC)cc3CC3C(OC)OCC23)ccc1O. The maximum Gasteiger partial charge on any atom is 0.160 e. The van der Waals surface area contributed by atoms with Gasteiger partial charge in [-0.25, -0.2) is 0 Å². The number of phenolic OH excluding ortho intramolecular Hbond substituents is 2. The fourth-order valence-electron chi connectivity index (χ4n) is 4.54. The lowest BCUT2D eigenvalue weighted by Crippen LogP contribution is -2.33. The maximum atomic E-state index is 10.4. The standard InChI is InChI=1S/C21H24O6/c1-24-18-7-11(4-5-16(18)22)20-13-9-17(23)19(25-2)8-12(13)6-14-15(20)10-27-21(14)26-3/h4-5,7-9,14-15,20-23H,6,10H2,1-3H3. The number of phenols is 2. The van der Waals surface area contributed by atoms with Gasteiger partial charge >= 0.3 is 0 Å². The monoisotopic (exact) mass is 372 g/mol. The zero-order valence-corrected chi connectivity index (χ0v) is 15.6. The Morgan fingerprint density at radius 2 is 1.67 bits per heavy atom. The van der Waals surface area contributed by atoms with Crippen molar-refractivity contribution in [3.63, 3.8) is 0 Å². The minimum atomic E-state index is -0.260. The molecule has 2 aromatic carbocycles. The average molecular weight is 372 g/mol. The molecule has 27 heavy (non-hydrogen) atoms. The molecular weight excluding hydrogens is 348 g/mol. The number of hydrogen-bond donors (Lipinski definition) is 2. The molecule has 0 amide bonds. The molecule has 0 spiro atoms. The third-order valence-electron chi connectivity index (χ3n) is 5.81. The zero-order chi connectivity index (χ0) is 19.1. The molecule has 2 N–H and O–H groups in total. The summed E-state index contributed by atoms with van der Waals surface area (Å²) in [5.41, 5.74) is 3.16. The lowest BCUT2D eigenvalue weighted by molar-refractivity contribution is -0.110. The van der Waals surface area contributed by atoms with Crippen LogP contribution in [0, 0.1) is 11.8 Å². The summed E-state index contributed by atoms with van der Waals surface area (Å²) in [4.78, 5) is 0. The molecule has 0 bridgehead atoms. The van der Waals surface area contributed by atoms with Gasteiger partial charge in [0.2, 0.25) is 0 Å². The highest BCUT2D eigenvalue weighted by Crippen LogP contribution is 2.51. The van der Waals surface area contributed by atoms with Crippen molar-refractivity contribution in [2.45, 2.75) is 18.6 Å². The summed E-state index contributed by atoms with van der Waals surface area (Å²) >= 11 is 0. The number of methoxy groups -OCH3 is 3. The molecule has 4 atom stereocenters. The van der Waals surface area contributed by atoms with E-state index in [2.05, 4.69) is 0 Å². The van der Waals surface area contributed by atoms with Gasteiger partial charge in [-0.2, -0.15) is 0 Å². The van der Waals surface area contributed by atoms with Gasteiger partial charge in [-0.15, -0.1) is 0 Å². The number of ether oxygens (including phenoxy) is 4. The van der Waals surface area contributed by atoms with E-state index in [1.54, 1.807) is 26.4 Å². The van der Waals surface area contributed by atoms with Gasteiger partial charge in [0.25, 0.3) is 0 Å². The van der Waals surface area contributed by atoms with Crippen LogP contribution in [0.25, 0.3) is 0 Å². The van der Waals surface area contributed by atoms with Crippen LogP contribution >= 0.6 is 0 Å². The van der Waals surface area contributed by atoms with Crippen molar-refractivity contribution in [2.24, 2.45) is 11.8 Å². The van der Waals surface area contributed by atoms with E-state index < -0.39 is 0 Å². The van der Waals surface area contributed by atoms with Crippen LogP contribution in [0.2, 0.25) is 0 Å². The van der Waals surface area contributed by atoms with E-state index in [0.29, 0.717) is 18.1 Å². The quantitative estimate of drug-likeness (QED) is 0.859. The normalized spacial score (nSPS) is 26.3. The van der Waals surface area contributed by atoms with Gasteiger partial charge < -0.3 is 29.2 Å². The van der Waals surface area contributed by atoms with Gasteiger partial charge in [-0.1, -0.05) is 6.07 Å². The van der Waals surface area contributed by atoms with Crippen molar-refractivity contribution in [1.82, 2.24) is 0 Å². The Morgan fingerprint density at radius 3 is 2.37 bits per heavy atom. The molecule has 6 nitrogen and oxygen atoms in total. The molecule has 1 fully saturated rings. The van der Waals surface area contributed by atoms with Crippen molar-refractivity contribution in [2.75, 3.05) is 27.9 Å². The Kier molecular flexibility index (Phi) is 4.61. The van der Waals surface area contributed by atoms with Crippen molar-refractivity contribution in [1.29, 1.82) is 0 Å². The van der Waals surface area contributed by atoms with Crippen molar-refractivity contribution < 1.29 is 29.2 Å². The minimum Gasteiger partial charge on any atom is -0.504 e. The van der Waals surface area contributed by atoms with Crippen LogP contribution in [0.5, 0.6) is 23.0 Å². The Balaban J connectivity index is 1.87. The molecule has 0 saturated carbocycles. The summed E-state index contributed by atoms with van der Waals surface area (Å²) in [6.07, 6.45) is 0.533. The number of rotatable bonds is 4. The maximum absolute atomic E-state index is 10.4. The number of hydrogen-bond acceptors (Lipinski definition) is 6. The van der Waals surface area contributed by atoms with Gasteiger partial charge in [-0.05, 0) is 47.4 Å². The van der Waals surface area contributed by atoms with Gasteiger partial charge in [0, 0.05) is 24.9 Å². The lowest BCUT2D eigenvalue weighted by Gasteiger charge is -2.36. The lowest BCUT2D eigenvalue weighted by atomic mass is 9.67. The highest BCUT2D eigenvalue weighted by atomic mass is 16.7. The third kappa shape index (κ3) is 2.89. The molecule has 0 aromatic heterocycles. The second-order valence-electron chi connectivity index (χ2n) is 7.10. The Bertz CT molecular complexity index is 849. The fourth-order valence-corrected chi connectivity index (χ4v) is 4.54. The highest BCUT2D eigenvalue weighted by Gasteiger charge is 2.47. The minimum absolute atomic E-state index is 0.00907. The first-order chi connectivity index (χ1) is 13.1. The van der Waals surface area contributed by atoms with Gasteiger partial charge in [0.15, 0.2) is 29.3 Å². The van der Waals surface area contributed by atoms with Gasteiger partial charge in [0.1, 0.15) is 0 Å².